The standard InChI is InChI=1S/C11H11ClFNO3S/c12-8-1-2-9(13)7(3-8)4-18-5-10(11(16)17)14-6-15/h1-3,6,10H,4-5H2,(H,14,15)(H,16,17). The van der Waals surface area contributed by atoms with E-state index in [-0.39, 0.29) is 17.3 Å². The monoisotopic (exact) mass is 291 g/mol. The largest absolute Gasteiger partial charge is 0.480 e. The van der Waals surface area contributed by atoms with Crippen LogP contribution in [0.5, 0.6) is 0 Å². The molecule has 0 aliphatic carbocycles. The van der Waals surface area contributed by atoms with Crippen LogP contribution in [0.4, 0.5) is 4.39 Å². The highest BCUT2D eigenvalue weighted by molar-refractivity contribution is 7.98. The van der Waals surface area contributed by atoms with Gasteiger partial charge < -0.3 is 10.4 Å². The number of aliphatic carboxylic acids is 1. The maximum atomic E-state index is 13.3. The van der Waals surface area contributed by atoms with Crippen molar-refractivity contribution >= 4 is 35.7 Å². The van der Waals surface area contributed by atoms with Crippen molar-refractivity contribution in [3.8, 4) is 0 Å². The number of benzene rings is 1. The van der Waals surface area contributed by atoms with E-state index in [2.05, 4.69) is 5.32 Å². The maximum absolute atomic E-state index is 13.3. The van der Waals surface area contributed by atoms with Crippen molar-refractivity contribution in [3.05, 3.63) is 34.6 Å². The normalized spacial score (nSPS) is 11.9. The Morgan fingerprint density at radius 3 is 2.94 bits per heavy atom. The predicted octanol–water partition coefficient (Wildman–Crippen LogP) is 1.91. The van der Waals surface area contributed by atoms with E-state index in [0.29, 0.717) is 17.0 Å². The van der Waals surface area contributed by atoms with E-state index in [0.717, 1.165) is 0 Å². The van der Waals surface area contributed by atoms with Gasteiger partial charge in [-0.05, 0) is 23.8 Å². The predicted molar refractivity (Wildman–Crippen MR) is 68.2 cm³/mol. The summed E-state index contributed by atoms with van der Waals surface area (Å²) in [7, 11) is 0. The lowest BCUT2D eigenvalue weighted by Gasteiger charge is -2.10. The third-order valence-electron chi connectivity index (χ3n) is 2.12. The van der Waals surface area contributed by atoms with Crippen LogP contribution in [0.3, 0.4) is 0 Å². The van der Waals surface area contributed by atoms with E-state index >= 15 is 0 Å². The lowest BCUT2D eigenvalue weighted by molar-refractivity contribution is -0.139. The number of amides is 1. The summed E-state index contributed by atoms with van der Waals surface area (Å²) in [5.41, 5.74) is 0.405. The Balaban J connectivity index is 2.52. The summed E-state index contributed by atoms with van der Waals surface area (Å²) in [4.78, 5) is 20.9. The average Bonchev–Trinajstić information content (AvgIpc) is 2.32. The highest BCUT2D eigenvalue weighted by Crippen LogP contribution is 2.20. The fraction of sp³-hybridized carbons (Fsp3) is 0.273. The summed E-state index contributed by atoms with van der Waals surface area (Å²) in [6, 6.07) is 3.22. The molecule has 1 unspecified atom stereocenters. The summed E-state index contributed by atoms with van der Waals surface area (Å²) < 4.78 is 13.3. The van der Waals surface area contributed by atoms with E-state index in [1.54, 1.807) is 0 Å². The Morgan fingerprint density at radius 1 is 1.61 bits per heavy atom. The molecule has 2 N–H and O–H groups in total. The van der Waals surface area contributed by atoms with Gasteiger partial charge >= 0.3 is 5.97 Å². The number of hydrogen-bond donors (Lipinski definition) is 2. The molecule has 0 aromatic heterocycles. The van der Waals surface area contributed by atoms with E-state index in [1.165, 1.54) is 30.0 Å². The molecule has 0 heterocycles. The summed E-state index contributed by atoms with van der Waals surface area (Å²) in [6.45, 7) is 0. The number of thioether (sulfide) groups is 1. The van der Waals surface area contributed by atoms with Gasteiger partial charge in [0.05, 0.1) is 0 Å². The van der Waals surface area contributed by atoms with E-state index < -0.39 is 12.0 Å². The number of carbonyl (C=O) groups is 2. The molecule has 18 heavy (non-hydrogen) atoms. The Morgan fingerprint density at radius 2 is 2.33 bits per heavy atom. The van der Waals surface area contributed by atoms with Crippen molar-refractivity contribution in [1.82, 2.24) is 5.32 Å². The van der Waals surface area contributed by atoms with Gasteiger partial charge in [-0.2, -0.15) is 11.8 Å². The van der Waals surface area contributed by atoms with Crippen LogP contribution in [0, 0.1) is 5.82 Å². The molecule has 0 saturated carbocycles. The van der Waals surface area contributed by atoms with Crippen molar-refractivity contribution in [1.29, 1.82) is 0 Å². The molecule has 0 bridgehead atoms. The molecule has 1 aromatic rings. The van der Waals surface area contributed by atoms with Gasteiger partial charge in [-0.15, -0.1) is 0 Å². The molecular formula is C11H11ClFNO3S. The van der Waals surface area contributed by atoms with Crippen molar-refractivity contribution in [2.24, 2.45) is 0 Å². The number of halogens is 2. The van der Waals surface area contributed by atoms with Gasteiger partial charge in [-0.1, -0.05) is 11.6 Å². The zero-order valence-electron chi connectivity index (χ0n) is 9.23. The fourth-order valence-corrected chi connectivity index (χ4v) is 2.44. The Bertz CT molecular complexity index is 444. The van der Waals surface area contributed by atoms with Gasteiger partial charge in [-0.25, -0.2) is 9.18 Å². The van der Waals surface area contributed by atoms with Crippen molar-refractivity contribution in [2.45, 2.75) is 11.8 Å². The molecule has 0 spiro atoms. The van der Waals surface area contributed by atoms with Gasteiger partial charge in [0.25, 0.3) is 0 Å². The quantitative estimate of drug-likeness (QED) is 0.753. The molecule has 0 saturated heterocycles. The van der Waals surface area contributed by atoms with Crippen LogP contribution in [-0.2, 0) is 15.3 Å². The number of hydrogen-bond acceptors (Lipinski definition) is 3. The first kappa shape index (κ1) is 14.8. The molecule has 1 rings (SSSR count). The lowest BCUT2D eigenvalue weighted by Crippen LogP contribution is -2.37. The third kappa shape index (κ3) is 4.54. The van der Waals surface area contributed by atoms with E-state index in [9.17, 15) is 14.0 Å². The Labute approximate surface area is 113 Å². The molecule has 0 fully saturated rings. The Hall–Kier alpha value is -1.27. The summed E-state index contributed by atoms with van der Waals surface area (Å²) in [5, 5.41) is 11.4. The molecular weight excluding hydrogens is 281 g/mol. The van der Waals surface area contributed by atoms with E-state index in [4.69, 9.17) is 16.7 Å². The second-order valence-corrected chi connectivity index (χ2v) is 4.89. The second kappa shape index (κ2) is 7.23. The van der Waals surface area contributed by atoms with Gasteiger partial charge in [0.2, 0.25) is 6.41 Å². The minimum absolute atomic E-state index is 0.153. The SMILES string of the molecule is O=CNC(CSCc1cc(Cl)ccc1F)C(=O)O. The molecule has 0 aliphatic heterocycles. The topological polar surface area (TPSA) is 66.4 Å². The van der Waals surface area contributed by atoms with Gasteiger partial charge in [-0.3, -0.25) is 4.79 Å². The van der Waals surface area contributed by atoms with Gasteiger partial charge in [0, 0.05) is 16.5 Å². The van der Waals surface area contributed by atoms with Crippen LogP contribution in [0.25, 0.3) is 0 Å². The first-order valence-corrected chi connectivity index (χ1v) is 6.52. The summed E-state index contributed by atoms with van der Waals surface area (Å²) >= 11 is 6.93. The smallest absolute Gasteiger partial charge is 0.327 e. The van der Waals surface area contributed by atoms with Crippen LogP contribution in [0.2, 0.25) is 5.02 Å². The van der Waals surface area contributed by atoms with Crippen molar-refractivity contribution in [3.63, 3.8) is 0 Å². The van der Waals surface area contributed by atoms with Crippen LogP contribution >= 0.6 is 23.4 Å². The summed E-state index contributed by atoms with van der Waals surface area (Å²) in [6.07, 6.45) is 0.333. The second-order valence-electron chi connectivity index (χ2n) is 3.43. The van der Waals surface area contributed by atoms with E-state index in [1.807, 2.05) is 0 Å². The van der Waals surface area contributed by atoms with Crippen LogP contribution in [0.15, 0.2) is 18.2 Å². The zero-order valence-corrected chi connectivity index (χ0v) is 10.8. The molecule has 1 amide bonds. The highest BCUT2D eigenvalue weighted by Gasteiger charge is 2.16. The first-order chi connectivity index (χ1) is 8.54. The average molecular weight is 292 g/mol. The number of carboxylic acids is 1. The maximum Gasteiger partial charge on any atom is 0.327 e. The molecule has 1 aromatic carbocycles. The fourth-order valence-electron chi connectivity index (χ4n) is 1.21. The molecule has 0 aliphatic rings. The molecule has 7 heteroatoms. The minimum atomic E-state index is -1.12. The first-order valence-electron chi connectivity index (χ1n) is 4.98. The zero-order chi connectivity index (χ0) is 13.5. The third-order valence-corrected chi connectivity index (χ3v) is 3.44. The van der Waals surface area contributed by atoms with Crippen LogP contribution < -0.4 is 5.32 Å². The lowest BCUT2D eigenvalue weighted by atomic mass is 10.2. The molecule has 0 radical (unpaired) electrons. The molecule has 4 nitrogen and oxygen atoms in total. The number of carboxylic acid groups (broad SMARTS) is 1. The van der Waals surface area contributed by atoms with Gasteiger partial charge in [0.15, 0.2) is 0 Å². The van der Waals surface area contributed by atoms with Crippen LogP contribution in [0.1, 0.15) is 5.56 Å². The van der Waals surface area contributed by atoms with Gasteiger partial charge in [0.1, 0.15) is 11.9 Å². The van der Waals surface area contributed by atoms with Crippen molar-refractivity contribution in [2.75, 3.05) is 5.75 Å². The number of nitrogens with one attached hydrogen (secondary N) is 1. The number of rotatable bonds is 7. The van der Waals surface area contributed by atoms with Crippen molar-refractivity contribution < 1.29 is 19.1 Å². The highest BCUT2D eigenvalue weighted by atomic mass is 35.5. The minimum Gasteiger partial charge on any atom is -0.480 e. The van der Waals surface area contributed by atoms with Crippen LogP contribution in [-0.4, -0.2) is 29.3 Å². The summed E-state index contributed by atoms with van der Waals surface area (Å²) in [5.74, 6) is -1.07. The molecule has 1 atom stereocenters. The molecule has 98 valence electrons. The Kier molecular flexibility index (Phi) is 5.94. The number of carbonyl (C=O) groups excluding carboxylic acids is 1.